The third-order valence-electron chi connectivity index (χ3n) is 5.27. The third kappa shape index (κ3) is 1.79. The van der Waals surface area contributed by atoms with E-state index in [1.165, 1.54) is 24.1 Å². The van der Waals surface area contributed by atoms with Gasteiger partial charge in [-0.3, -0.25) is 0 Å². The molecule has 3 aromatic rings. The van der Waals surface area contributed by atoms with E-state index in [1.54, 1.807) is 6.33 Å². The molecule has 0 spiro atoms. The van der Waals surface area contributed by atoms with Crippen molar-refractivity contribution in [3.05, 3.63) is 23.3 Å². The van der Waals surface area contributed by atoms with E-state index in [0.29, 0.717) is 17.8 Å². The van der Waals surface area contributed by atoms with Crippen molar-refractivity contribution < 1.29 is 4.52 Å². The van der Waals surface area contributed by atoms with E-state index >= 15 is 0 Å². The minimum atomic E-state index is 0.307. The van der Waals surface area contributed by atoms with Crippen LogP contribution in [-0.2, 0) is 12.8 Å². The lowest BCUT2D eigenvalue weighted by Crippen LogP contribution is -2.07. The zero-order chi connectivity index (χ0) is 16.4. The van der Waals surface area contributed by atoms with Crippen LogP contribution in [0.1, 0.15) is 62.1 Å². The summed E-state index contributed by atoms with van der Waals surface area (Å²) in [5, 5.41) is 5.41. The molecule has 0 aliphatic heterocycles. The van der Waals surface area contributed by atoms with Gasteiger partial charge in [0.15, 0.2) is 0 Å². The predicted octanol–water partition coefficient (Wildman–Crippen LogP) is 3.62. The van der Waals surface area contributed by atoms with Crippen LogP contribution in [-0.4, -0.2) is 19.7 Å². The Balaban J connectivity index is 1.88. The number of nitrogens with two attached hydrogens (primary N) is 1. The molecule has 24 heavy (non-hydrogen) atoms. The van der Waals surface area contributed by atoms with Crippen LogP contribution in [0.25, 0.3) is 22.3 Å². The third-order valence-corrected chi connectivity index (χ3v) is 5.27. The Bertz CT molecular complexity index is 948. The molecule has 0 amide bonds. The summed E-state index contributed by atoms with van der Waals surface area (Å²) in [5.74, 6) is 2.19. The quantitative estimate of drug-likeness (QED) is 0.779. The number of fused-ring (bicyclic) bond motifs is 5. The second-order valence-corrected chi connectivity index (χ2v) is 7.24. The standard InChI is InChI=1S/C18H21N5O/c1-9(2)23-12-5-3-4-11-15(22-24-16(11)10-6-7-10)13(12)14-17(19)20-8-21-18(14)23/h8-10H,3-7H2,1-2H3,(H2,19,20,21). The van der Waals surface area contributed by atoms with Gasteiger partial charge in [-0.1, -0.05) is 5.16 Å². The summed E-state index contributed by atoms with van der Waals surface area (Å²) in [6.45, 7) is 4.37. The normalized spacial score (nSPS) is 17.1. The fraction of sp³-hybridized carbons (Fsp3) is 0.500. The van der Waals surface area contributed by atoms with Gasteiger partial charge in [-0.2, -0.15) is 0 Å². The topological polar surface area (TPSA) is 82.8 Å². The van der Waals surface area contributed by atoms with Crippen molar-refractivity contribution in [2.75, 3.05) is 5.73 Å². The van der Waals surface area contributed by atoms with Gasteiger partial charge in [0, 0.05) is 28.8 Å². The lowest BCUT2D eigenvalue weighted by molar-refractivity contribution is 0.384. The van der Waals surface area contributed by atoms with E-state index in [0.717, 1.165) is 47.3 Å². The maximum Gasteiger partial charge on any atom is 0.146 e. The van der Waals surface area contributed by atoms with Crippen molar-refractivity contribution in [2.24, 2.45) is 0 Å². The lowest BCUT2D eigenvalue weighted by atomic mass is 10.0. The van der Waals surface area contributed by atoms with Gasteiger partial charge in [0.2, 0.25) is 0 Å². The van der Waals surface area contributed by atoms with Crippen molar-refractivity contribution in [3.8, 4) is 11.3 Å². The molecule has 0 unspecified atom stereocenters. The van der Waals surface area contributed by atoms with Crippen LogP contribution in [0, 0.1) is 0 Å². The highest BCUT2D eigenvalue weighted by Gasteiger charge is 2.36. The van der Waals surface area contributed by atoms with E-state index < -0.39 is 0 Å². The summed E-state index contributed by atoms with van der Waals surface area (Å²) in [6, 6.07) is 0.307. The van der Waals surface area contributed by atoms with Crippen molar-refractivity contribution in [2.45, 2.75) is 57.9 Å². The molecule has 3 heterocycles. The number of nitrogens with zero attached hydrogens (tertiary/aromatic N) is 4. The Hall–Kier alpha value is -2.37. The first-order chi connectivity index (χ1) is 11.7. The molecule has 6 heteroatoms. The molecular formula is C18H21N5O. The van der Waals surface area contributed by atoms with Crippen LogP contribution < -0.4 is 5.73 Å². The minimum Gasteiger partial charge on any atom is -0.383 e. The van der Waals surface area contributed by atoms with Gasteiger partial charge in [-0.05, 0) is 46.0 Å². The Kier molecular flexibility index (Phi) is 2.81. The number of rotatable bonds is 2. The maximum atomic E-state index is 6.26. The number of hydrogen-bond acceptors (Lipinski definition) is 5. The molecule has 2 N–H and O–H groups in total. The Morgan fingerprint density at radius 3 is 2.83 bits per heavy atom. The highest BCUT2D eigenvalue weighted by atomic mass is 16.5. The first-order valence-corrected chi connectivity index (χ1v) is 8.78. The zero-order valence-corrected chi connectivity index (χ0v) is 14.0. The maximum absolute atomic E-state index is 6.26. The van der Waals surface area contributed by atoms with Crippen LogP contribution in [0.4, 0.5) is 5.82 Å². The SMILES string of the molecule is CC(C)n1c2c(c3c(N)ncnc31)-c1noc(C3CC3)c1CCC2. The van der Waals surface area contributed by atoms with Crippen molar-refractivity contribution in [1.29, 1.82) is 0 Å². The molecule has 5 rings (SSSR count). The number of nitrogen functional groups attached to an aromatic ring is 1. The first-order valence-electron chi connectivity index (χ1n) is 8.78. The Labute approximate surface area is 140 Å². The molecule has 1 saturated carbocycles. The second kappa shape index (κ2) is 4.82. The van der Waals surface area contributed by atoms with Crippen LogP contribution in [0.3, 0.4) is 0 Å². The van der Waals surface area contributed by atoms with Gasteiger partial charge in [0.1, 0.15) is 29.2 Å². The molecule has 2 aliphatic rings. The van der Waals surface area contributed by atoms with Gasteiger partial charge in [-0.15, -0.1) is 0 Å². The van der Waals surface area contributed by atoms with E-state index in [1.807, 2.05) is 0 Å². The van der Waals surface area contributed by atoms with E-state index in [9.17, 15) is 0 Å². The summed E-state index contributed by atoms with van der Waals surface area (Å²) >= 11 is 0. The average molecular weight is 323 g/mol. The number of anilines is 1. The first kappa shape index (κ1) is 14.0. The fourth-order valence-electron chi connectivity index (χ4n) is 4.12. The number of hydrogen-bond donors (Lipinski definition) is 1. The molecule has 0 aromatic carbocycles. The van der Waals surface area contributed by atoms with Gasteiger partial charge in [-0.25, -0.2) is 9.97 Å². The van der Waals surface area contributed by atoms with Gasteiger partial charge in [0.05, 0.1) is 5.39 Å². The van der Waals surface area contributed by atoms with Crippen LogP contribution in [0.2, 0.25) is 0 Å². The van der Waals surface area contributed by atoms with Gasteiger partial charge in [0.25, 0.3) is 0 Å². The molecule has 0 atom stereocenters. The molecule has 0 bridgehead atoms. The van der Waals surface area contributed by atoms with Crippen LogP contribution in [0.5, 0.6) is 0 Å². The molecule has 0 radical (unpaired) electrons. The summed E-state index contributed by atoms with van der Waals surface area (Å²) < 4.78 is 8.07. The Morgan fingerprint density at radius 1 is 1.25 bits per heavy atom. The molecule has 2 aliphatic carbocycles. The average Bonchev–Trinajstić information content (AvgIpc) is 3.26. The van der Waals surface area contributed by atoms with Crippen molar-refractivity contribution in [1.82, 2.24) is 19.7 Å². The Morgan fingerprint density at radius 2 is 2.08 bits per heavy atom. The van der Waals surface area contributed by atoms with E-state index in [-0.39, 0.29) is 0 Å². The summed E-state index contributed by atoms with van der Waals surface area (Å²) in [7, 11) is 0. The monoisotopic (exact) mass is 323 g/mol. The summed E-state index contributed by atoms with van der Waals surface area (Å²) in [6.07, 6.45) is 7.10. The smallest absolute Gasteiger partial charge is 0.146 e. The summed E-state index contributed by atoms with van der Waals surface area (Å²) in [4.78, 5) is 8.78. The predicted molar refractivity (Wildman–Crippen MR) is 91.8 cm³/mol. The summed E-state index contributed by atoms with van der Waals surface area (Å²) in [5.41, 5.74) is 11.8. The second-order valence-electron chi connectivity index (χ2n) is 7.24. The molecule has 0 saturated heterocycles. The van der Waals surface area contributed by atoms with Gasteiger partial charge >= 0.3 is 0 Å². The van der Waals surface area contributed by atoms with E-state index in [4.69, 9.17) is 10.3 Å². The lowest BCUT2D eigenvalue weighted by Gasteiger charge is -2.13. The molecule has 3 aromatic heterocycles. The van der Waals surface area contributed by atoms with Crippen molar-refractivity contribution in [3.63, 3.8) is 0 Å². The molecular weight excluding hydrogens is 302 g/mol. The molecule has 6 nitrogen and oxygen atoms in total. The molecule has 124 valence electrons. The van der Waals surface area contributed by atoms with Gasteiger partial charge < -0.3 is 14.8 Å². The van der Waals surface area contributed by atoms with E-state index in [2.05, 4.69) is 33.5 Å². The highest BCUT2D eigenvalue weighted by molar-refractivity contribution is 6.02. The fourth-order valence-corrected chi connectivity index (χ4v) is 4.12. The van der Waals surface area contributed by atoms with Crippen molar-refractivity contribution >= 4 is 16.9 Å². The largest absolute Gasteiger partial charge is 0.383 e. The van der Waals surface area contributed by atoms with Crippen LogP contribution in [0.15, 0.2) is 10.9 Å². The van der Waals surface area contributed by atoms with Crippen LogP contribution >= 0.6 is 0 Å². The highest BCUT2D eigenvalue weighted by Crippen LogP contribution is 2.48. The molecule has 1 fully saturated rings. The minimum absolute atomic E-state index is 0.307. The number of aromatic nitrogens is 4. The zero-order valence-electron chi connectivity index (χ0n) is 14.0.